The zero-order chi connectivity index (χ0) is 23.0. The molecule has 4 aromatic rings. The third kappa shape index (κ3) is 4.16. The Hall–Kier alpha value is -2.73. The topological polar surface area (TPSA) is 20.2 Å². The van der Waals surface area contributed by atoms with E-state index in [1.807, 2.05) is 30.3 Å². The molecule has 0 fully saturated rings. The summed E-state index contributed by atoms with van der Waals surface area (Å²) in [6.07, 6.45) is 0. The molecule has 1 atom stereocenters. The fourth-order valence-corrected chi connectivity index (χ4v) is 6.62. The van der Waals surface area contributed by atoms with E-state index in [-0.39, 0.29) is 0 Å². The number of aryl methyl sites for hydroxylation is 6. The average molecular weight is 439 g/mol. The van der Waals surface area contributed by atoms with Crippen LogP contribution in [0.4, 0.5) is 0 Å². The summed E-state index contributed by atoms with van der Waals surface area (Å²) < 4.78 is 0. The smallest absolute Gasteiger partial charge is 0.0889 e. The van der Waals surface area contributed by atoms with Crippen LogP contribution in [0.2, 0.25) is 0 Å². The van der Waals surface area contributed by atoms with E-state index in [4.69, 9.17) is 0 Å². The minimum Gasteiger partial charge on any atom is -0.364 e. The van der Waals surface area contributed by atoms with Crippen molar-refractivity contribution in [2.75, 3.05) is 0 Å². The highest BCUT2D eigenvalue weighted by molar-refractivity contribution is 7.68. The molecule has 0 bridgehead atoms. The van der Waals surface area contributed by atoms with Crippen molar-refractivity contribution >= 4 is 18.8 Å². The van der Waals surface area contributed by atoms with Crippen LogP contribution < -0.4 is 10.6 Å². The van der Waals surface area contributed by atoms with Crippen LogP contribution in [0.5, 0.6) is 0 Å². The Labute approximate surface area is 193 Å². The maximum absolute atomic E-state index is 11.8. The van der Waals surface area contributed by atoms with Gasteiger partial charge in [-0.2, -0.15) is 0 Å². The molecule has 0 amide bonds. The van der Waals surface area contributed by atoms with Crippen molar-refractivity contribution in [3.63, 3.8) is 0 Å². The highest BCUT2D eigenvalue weighted by Crippen LogP contribution is 2.42. The minimum atomic E-state index is -1.52. The van der Waals surface area contributed by atoms with E-state index in [1.165, 1.54) is 44.5 Å². The van der Waals surface area contributed by atoms with Crippen LogP contribution in [0.15, 0.2) is 72.8 Å². The maximum atomic E-state index is 11.8. The summed E-state index contributed by atoms with van der Waals surface area (Å²) in [6, 6.07) is 25.5. The summed E-state index contributed by atoms with van der Waals surface area (Å²) in [5.41, 5.74) is 12.2. The first-order valence-corrected chi connectivity index (χ1v) is 12.4. The first kappa shape index (κ1) is 22.5. The molecule has 2 heteroatoms. The number of hydrogen-bond acceptors (Lipinski definition) is 1. The highest BCUT2D eigenvalue weighted by atomic mass is 31.1. The van der Waals surface area contributed by atoms with E-state index < -0.39 is 8.15 Å². The summed E-state index contributed by atoms with van der Waals surface area (Å²) in [4.78, 5) is 11.8. The van der Waals surface area contributed by atoms with E-state index in [1.54, 1.807) is 0 Å². The Balaban J connectivity index is 2.09. The van der Waals surface area contributed by atoms with Crippen LogP contribution in [0.25, 0.3) is 22.3 Å². The van der Waals surface area contributed by atoms with Crippen molar-refractivity contribution in [3.8, 4) is 22.3 Å². The molecule has 0 aliphatic rings. The van der Waals surface area contributed by atoms with E-state index in [0.717, 1.165) is 21.7 Å². The molecule has 1 nitrogen and oxygen atoms in total. The van der Waals surface area contributed by atoms with Gasteiger partial charge >= 0.3 is 0 Å². The van der Waals surface area contributed by atoms with Crippen LogP contribution in [0.3, 0.4) is 0 Å². The first-order chi connectivity index (χ1) is 15.3. The predicted octanol–water partition coefficient (Wildman–Crippen LogP) is 7.21. The van der Waals surface area contributed by atoms with E-state index in [2.05, 4.69) is 84.0 Å². The largest absolute Gasteiger partial charge is 0.364 e. The van der Waals surface area contributed by atoms with Gasteiger partial charge in [-0.05, 0) is 86.1 Å². The number of rotatable bonds is 4. The Bertz CT molecular complexity index is 1170. The lowest BCUT2D eigenvalue weighted by Crippen LogP contribution is -2.17. The van der Waals surface area contributed by atoms with Crippen molar-refractivity contribution in [3.05, 3.63) is 106 Å². The van der Waals surface area contributed by atoms with Crippen LogP contribution in [0, 0.1) is 41.5 Å². The van der Waals surface area contributed by atoms with Crippen molar-refractivity contribution in [1.29, 1.82) is 0 Å². The predicted molar refractivity (Wildman–Crippen MR) is 141 cm³/mol. The molecule has 32 heavy (non-hydrogen) atoms. The van der Waals surface area contributed by atoms with E-state index in [9.17, 15) is 4.89 Å². The zero-order valence-electron chi connectivity index (χ0n) is 19.8. The van der Waals surface area contributed by atoms with Gasteiger partial charge in [0.15, 0.2) is 0 Å². The summed E-state index contributed by atoms with van der Waals surface area (Å²) >= 11 is 0. The zero-order valence-corrected chi connectivity index (χ0v) is 20.7. The molecular weight excluding hydrogens is 407 g/mol. The second-order valence-corrected chi connectivity index (χ2v) is 10.5. The molecule has 4 rings (SSSR count). The molecule has 0 spiro atoms. The Morgan fingerprint density at radius 2 is 0.938 bits per heavy atom. The normalized spacial score (nSPS) is 12.1. The maximum Gasteiger partial charge on any atom is 0.0889 e. The third-order valence-electron chi connectivity index (χ3n) is 6.14. The quantitative estimate of drug-likeness (QED) is 0.334. The van der Waals surface area contributed by atoms with E-state index >= 15 is 0 Å². The van der Waals surface area contributed by atoms with Crippen molar-refractivity contribution in [1.82, 2.24) is 0 Å². The number of hydrogen-bond donors (Lipinski definition) is 1. The molecule has 0 saturated heterocycles. The fraction of sp³-hybridized carbons (Fsp3) is 0.200. The second kappa shape index (κ2) is 9.02. The molecule has 4 aromatic carbocycles. The lowest BCUT2D eigenvalue weighted by molar-refractivity contribution is 0.645. The molecule has 1 N–H and O–H groups in total. The van der Waals surface area contributed by atoms with Crippen LogP contribution in [-0.4, -0.2) is 4.89 Å². The van der Waals surface area contributed by atoms with Crippen LogP contribution in [0.1, 0.15) is 33.4 Å². The molecule has 0 aromatic heterocycles. The Morgan fingerprint density at radius 3 is 1.34 bits per heavy atom. The van der Waals surface area contributed by atoms with E-state index in [0.29, 0.717) is 0 Å². The summed E-state index contributed by atoms with van der Waals surface area (Å²) in [6.45, 7) is 13.0. The minimum absolute atomic E-state index is 0.973. The summed E-state index contributed by atoms with van der Waals surface area (Å²) in [7, 11) is -1.52. The first-order valence-electron chi connectivity index (χ1n) is 11.1. The van der Waals surface area contributed by atoms with Crippen LogP contribution in [-0.2, 0) is 0 Å². The number of benzene rings is 4. The van der Waals surface area contributed by atoms with Crippen molar-refractivity contribution in [2.45, 2.75) is 41.5 Å². The lowest BCUT2D eigenvalue weighted by Gasteiger charge is -2.24. The molecule has 0 aliphatic heterocycles. The molecule has 0 heterocycles. The van der Waals surface area contributed by atoms with Gasteiger partial charge in [-0.15, -0.1) is 0 Å². The standard InChI is InChI=1S/C30H31OP/c1-19-15-21(3)28(22(4)16-19)26-13-10-14-27(29-23(5)17-20(2)18-24(29)6)30(26)32(31)25-11-8-7-9-12-25/h7-18,31H,1-6H3. The van der Waals surface area contributed by atoms with Gasteiger partial charge in [0.2, 0.25) is 0 Å². The highest BCUT2D eigenvalue weighted by Gasteiger charge is 2.24. The molecular formula is C30H31OP. The summed E-state index contributed by atoms with van der Waals surface area (Å²) in [5, 5.41) is 2.01. The molecule has 0 radical (unpaired) electrons. The van der Waals surface area contributed by atoms with Crippen molar-refractivity contribution in [2.24, 2.45) is 0 Å². The molecule has 162 valence electrons. The van der Waals surface area contributed by atoms with Gasteiger partial charge in [0.05, 0.1) is 8.15 Å². The van der Waals surface area contributed by atoms with Crippen molar-refractivity contribution < 1.29 is 4.89 Å². The molecule has 1 unspecified atom stereocenters. The lowest BCUT2D eigenvalue weighted by atomic mass is 9.89. The Morgan fingerprint density at radius 1 is 0.531 bits per heavy atom. The second-order valence-electron chi connectivity index (χ2n) is 8.90. The van der Waals surface area contributed by atoms with Gasteiger partial charge in [0.1, 0.15) is 0 Å². The van der Waals surface area contributed by atoms with Crippen LogP contribution >= 0.6 is 8.15 Å². The van der Waals surface area contributed by atoms with Gasteiger partial charge in [-0.1, -0.05) is 83.9 Å². The van der Waals surface area contributed by atoms with Gasteiger partial charge < -0.3 is 4.89 Å². The van der Waals surface area contributed by atoms with Gasteiger partial charge in [0, 0.05) is 10.6 Å². The SMILES string of the molecule is Cc1cc(C)c(-c2cccc(-c3c(C)cc(C)cc3C)c2P(O)c2ccccc2)c(C)c1. The van der Waals surface area contributed by atoms with Gasteiger partial charge in [-0.3, -0.25) is 0 Å². The average Bonchev–Trinajstić information content (AvgIpc) is 2.72. The molecule has 0 saturated carbocycles. The monoisotopic (exact) mass is 438 g/mol. The van der Waals surface area contributed by atoms with Gasteiger partial charge in [0.25, 0.3) is 0 Å². The molecule has 0 aliphatic carbocycles. The third-order valence-corrected chi connectivity index (χ3v) is 7.83. The summed E-state index contributed by atoms with van der Waals surface area (Å²) in [5.74, 6) is 0. The Kier molecular flexibility index (Phi) is 6.33. The fourth-order valence-electron chi connectivity index (χ4n) is 5.08. The van der Waals surface area contributed by atoms with Gasteiger partial charge in [-0.25, -0.2) is 0 Å².